The van der Waals surface area contributed by atoms with Crippen LogP contribution in [0.25, 0.3) is 0 Å². The average molecular weight is 183 g/mol. The van der Waals surface area contributed by atoms with Gasteiger partial charge in [0.25, 0.3) is 0 Å². The highest BCUT2D eigenvalue weighted by Crippen LogP contribution is 2.10. The fraction of sp³-hybridized carbons (Fsp3) is 0.600. The molecule has 12 heavy (non-hydrogen) atoms. The van der Waals surface area contributed by atoms with Crippen LogP contribution >= 0.6 is 11.3 Å². The lowest BCUT2D eigenvalue weighted by Crippen LogP contribution is -2.22. The smallest absolute Gasteiger partial charge is 0.00796 e. The predicted molar refractivity (Wildman–Crippen MR) is 55.5 cm³/mol. The second-order valence-electron chi connectivity index (χ2n) is 3.24. The van der Waals surface area contributed by atoms with Crippen molar-refractivity contribution in [1.82, 2.24) is 0 Å². The molecule has 0 aromatic carbocycles. The van der Waals surface area contributed by atoms with E-state index in [1.54, 1.807) is 11.3 Å². The van der Waals surface area contributed by atoms with Crippen LogP contribution < -0.4 is 5.73 Å². The van der Waals surface area contributed by atoms with E-state index in [-0.39, 0.29) is 0 Å². The Morgan fingerprint density at radius 2 is 2.42 bits per heavy atom. The second kappa shape index (κ2) is 5.33. The van der Waals surface area contributed by atoms with Gasteiger partial charge in [-0.2, -0.15) is 11.3 Å². The Morgan fingerprint density at radius 1 is 1.58 bits per heavy atom. The van der Waals surface area contributed by atoms with Gasteiger partial charge in [0.05, 0.1) is 0 Å². The van der Waals surface area contributed by atoms with Crippen LogP contribution in [0.1, 0.15) is 31.7 Å². The molecule has 1 heterocycles. The first-order valence-corrected chi connectivity index (χ1v) is 5.54. The number of thiophene rings is 1. The molecule has 0 spiro atoms. The number of hydrogen-bond donors (Lipinski definition) is 1. The van der Waals surface area contributed by atoms with Crippen molar-refractivity contribution < 1.29 is 0 Å². The first kappa shape index (κ1) is 9.75. The molecule has 2 heteroatoms. The van der Waals surface area contributed by atoms with Gasteiger partial charge >= 0.3 is 0 Å². The monoisotopic (exact) mass is 183 g/mol. The summed E-state index contributed by atoms with van der Waals surface area (Å²) in [5, 5.41) is 4.30. The average Bonchev–Trinajstić information content (AvgIpc) is 2.53. The van der Waals surface area contributed by atoms with Crippen LogP contribution in [0, 0.1) is 0 Å². The van der Waals surface area contributed by atoms with Gasteiger partial charge in [-0.1, -0.05) is 19.8 Å². The van der Waals surface area contributed by atoms with Crippen molar-refractivity contribution in [3.8, 4) is 0 Å². The molecule has 1 unspecified atom stereocenters. The molecule has 1 atom stereocenters. The van der Waals surface area contributed by atoms with Gasteiger partial charge in [-0.25, -0.2) is 0 Å². The number of unbranched alkanes of at least 4 members (excludes halogenated alkanes) is 1. The number of nitrogens with two attached hydrogens (primary N) is 1. The van der Waals surface area contributed by atoms with Gasteiger partial charge in [0.15, 0.2) is 0 Å². The first-order chi connectivity index (χ1) is 5.83. The molecule has 0 aliphatic rings. The summed E-state index contributed by atoms with van der Waals surface area (Å²) in [5.74, 6) is 0. The molecule has 68 valence electrons. The standard InChI is InChI=1S/C10H17NS/c1-2-3-4-10(11)7-9-5-6-12-8-9/h5-6,8,10H,2-4,7,11H2,1H3. The van der Waals surface area contributed by atoms with Crippen molar-refractivity contribution in [3.05, 3.63) is 22.4 Å². The Bertz CT molecular complexity index is 194. The Balaban J connectivity index is 2.22. The maximum atomic E-state index is 5.96. The Morgan fingerprint density at radius 3 is 3.00 bits per heavy atom. The molecule has 1 aromatic rings. The summed E-state index contributed by atoms with van der Waals surface area (Å²) in [7, 11) is 0. The summed E-state index contributed by atoms with van der Waals surface area (Å²) in [6.07, 6.45) is 4.71. The predicted octanol–water partition coefficient (Wildman–Crippen LogP) is 2.81. The van der Waals surface area contributed by atoms with Gasteiger partial charge in [-0.05, 0) is 35.2 Å². The highest BCUT2D eigenvalue weighted by atomic mass is 32.1. The van der Waals surface area contributed by atoms with Crippen molar-refractivity contribution in [3.63, 3.8) is 0 Å². The summed E-state index contributed by atoms with van der Waals surface area (Å²) in [4.78, 5) is 0. The minimum absolute atomic E-state index is 0.361. The van der Waals surface area contributed by atoms with Gasteiger partial charge < -0.3 is 5.73 Å². The third kappa shape index (κ3) is 3.37. The molecule has 1 aromatic heterocycles. The van der Waals surface area contributed by atoms with E-state index >= 15 is 0 Å². The van der Waals surface area contributed by atoms with E-state index in [0.717, 1.165) is 12.8 Å². The summed E-state index contributed by atoms with van der Waals surface area (Å²) < 4.78 is 0. The van der Waals surface area contributed by atoms with Crippen LogP contribution in [0.5, 0.6) is 0 Å². The Kier molecular flexibility index (Phi) is 4.33. The maximum Gasteiger partial charge on any atom is 0.00796 e. The minimum atomic E-state index is 0.361. The molecular weight excluding hydrogens is 166 g/mol. The van der Waals surface area contributed by atoms with Crippen LogP contribution in [0.4, 0.5) is 0 Å². The molecule has 1 nitrogen and oxygen atoms in total. The van der Waals surface area contributed by atoms with E-state index in [1.807, 2.05) is 0 Å². The van der Waals surface area contributed by atoms with Crippen molar-refractivity contribution in [2.75, 3.05) is 0 Å². The molecule has 2 N–H and O–H groups in total. The zero-order valence-corrected chi connectivity index (χ0v) is 8.44. The number of hydrogen-bond acceptors (Lipinski definition) is 2. The molecular formula is C10H17NS. The SMILES string of the molecule is CCCCC(N)Cc1ccsc1. The van der Waals surface area contributed by atoms with Crippen molar-refractivity contribution in [2.24, 2.45) is 5.73 Å². The van der Waals surface area contributed by atoms with Gasteiger partial charge in [0, 0.05) is 6.04 Å². The highest BCUT2D eigenvalue weighted by molar-refractivity contribution is 7.07. The highest BCUT2D eigenvalue weighted by Gasteiger charge is 2.02. The Labute approximate surface area is 78.6 Å². The topological polar surface area (TPSA) is 26.0 Å². The van der Waals surface area contributed by atoms with E-state index in [2.05, 4.69) is 23.8 Å². The molecule has 0 bridgehead atoms. The largest absolute Gasteiger partial charge is 0.327 e. The lowest BCUT2D eigenvalue weighted by molar-refractivity contribution is 0.574. The molecule has 0 radical (unpaired) electrons. The Hall–Kier alpha value is -0.340. The number of rotatable bonds is 5. The lowest BCUT2D eigenvalue weighted by atomic mass is 10.0. The van der Waals surface area contributed by atoms with E-state index in [1.165, 1.54) is 18.4 Å². The molecule has 0 aliphatic carbocycles. The second-order valence-corrected chi connectivity index (χ2v) is 4.02. The summed E-state index contributed by atoms with van der Waals surface area (Å²) >= 11 is 1.75. The lowest BCUT2D eigenvalue weighted by Gasteiger charge is -2.08. The van der Waals surface area contributed by atoms with Crippen molar-refractivity contribution in [2.45, 2.75) is 38.6 Å². The van der Waals surface area contributed by atoms with E-state index in [9.17, 15) is 0 Å². The van der Waals surface area contributed by atoms with Gasteiger partial charge in [0.1, 0.15) is 0 Å². The van der Waals surface area contributed by atoms with Crippen LogP contribution in [0.15, 0.2) is 16.8 Å². The van der Waals surface area contributed by atoms with Crippen molar-refractivity contribution in [1.29, 1.82) is 0 Å². The van der Waals surface area contributed by atoms with Gasteiger partial charge in [-0.15, -0.1) is 0 Å². The summed E-state index contributed by atoms with van der Waals surface area (Å²) in [6, 6.07) is 2.52. The molecule has 0 fully saturated rings. The van der Waals surface area contributed by atoms with Crippen molar-refractivity contribution >= 4 is 11.3 Å². The van der Waals surface area contributed by atoms with Crippen LogP contribution in [0.3, 0.4) is 0 Å². The third-order valence-corrected chi connectivity index (χ3v) is 2.74. The molecule has 0 saturated carbocycles. The molecule has 0 amide bonds. The third-order valence-electron chi connectivity index (χ3n) is 2.01. The minimum Gasteiger partial charge on any atom is -0.327 e. The molecule has 0 saturated heterocycles. The quantitative estimate of drug-likeness (QED) is 0.746. The fourth-order valence-corrected chi connectivity index (χ4v) is 1.96. The molecule has 1 rings (SSSR count). The van der Waals surface area contributed by atoms with Crippen LogP contribution in [0.2, 0.25) is 0 Å². The summed E-state index contributed by atoms with van der Waals surface area (Å²) in [5.41, 5.74) is 7.35. The van der Waals surface area contributed by atoms with Crippen LogP contribution in [-0.2, 0) is 6.42 Å². The van der Waals surface area contributed by atoms with Gasteiger partial charge in [-0.3, -0.25) is 0 Å². The van der Waals surface area contributed by atoms with E-state index in [4.69, 9.17) is 5.73 Å². The fourth-order valence-electron chi connectivity index (χ4n) is 1.28. The van der Waals surface area contributed by atoms with E-state index in [0.29, 0.717) is 6.04 Å². The zero-order valence-electron chi connectivity index (χ0n) is 7.62. The summed E-state index contributed by atoms with van der Waals surface area (Å²) in [6.45, 7) is 2.21. The maximum absolute atomic E-state index is 5.96. The zero-order chi connectivity index (χ0) is 8.81. The first-order valence-electron chi connectivity index (χ1n) is 4.59. The van der Waals surface area contributed by atoms with E-state index < -0.39 is 0 Å². The van der Waals surface area contributed by atoms with Crippen LogP contribution in [-0.4, -0.2) is 6.04 Å². The normalized spacial score (nSPS) is 13.2. The molecule has 0 aliphatic heterocycles. The van der Waals surface area contributed by atoms with Gasteiger partial charge in [0.2, 0.25) is 0 Å².